The first-order valence-corrected chi connectivity index (χ1v) is 11.5. The van der Waals surface area contributed by atoms with Crippen molar-refractivity contribution < 1.29 is 19.1 Å². The van der Waals surface area contributed by atoms with Crippen molar-refractivity contribution in [1.82, 2.24) is 5.32 Å². The Bertz CT molecular complexity index is 1140. The summed E-state index contributed by atoms with van der Waals surface area (Å²) in [6.45, 7) is 2.17. The van der Waals surface area contributed by atoms with Crippen molar-refractivity contribution in [2.75, 3.05) is 7.11 Å². The van der Waals surface area contributed by atoms with E-state index in [0.717, 1.165) is 34.1 Å². The zero-order chi connectivity index (χ0) is 22.8. The fourth-order valence-electron chi connectivity index (χ4n) is 4.29. The van der Waals surface area contributed by atoms with Crippen molar-refractivity contribution in [2.45, 2.75) is 38.7 Å². The molecule has 1 heterocycles. The zero-order valence-corrected chi connectivity index (χ0v) is 20.2. The second-order valence-electron chi connectivity index (χ2n) is 7.85. The molecule has 5 nitrogen and oxygen atoms in total. The molecule has 0 radical (unpaired) electrons. The third-order valence-electron chi connectivity index (χ3n) is 5.77. The van der Waals surface area contributed by atoms with Gasteiger partial charge < -0.3 is 14.8 Å². The molecule has 2 aliphatic rings. The van der Waals surface area contributed by atoms with Crippen LogP contribution in [0.5, 0.6) is 5.75 Å². The summed E-state index contributed by atoms with van der Waals surface area (Å²) in [5.41, 5.74) is 4.33. The molecule has 0 aromatic heterocycles. The van der Waals surface area contributed by atoms with Crippen LogP contribution in [0.1, 0.15) is 43.2 Å². The van der Waals surface area contributed by atoms with E-state index in [-0.39, 0.29) is 5.78 Å². The third kappa shape index (κ3) is 4.48. The van der Waals surface area contributed by atoms with Crippen molar-refractivity contribution in [3.63, 3.8) is 0 Å². The van der Waals surface area contributed by atoms with Gasteiger partial charge in [0.05, 0.1) is 18.6 Å². The highest BCUT2D eigenvalue weighted by Crippen LogP contribution is 2.46. The van der Waals surface area contributed by atoms with Crippen molar-refractivity contribution in [1.29, 1.82) is 0 Å². The van der Waals surface area contributed by atoms with Crippen LogP contribution in [0, 0.1) is 0 Å². The molecule has 32 heavy (non-hydrogen) atoms. The maximum atomic E-state index is 13.0. The zero-order valence-electron chi connectivity index (χ0n) is 17.8. The van der Waals surface area contributed by atoms with Crippen molar-refractivity contribution in [3.05, 3.63) is 85.6 Å². The largest absolute Gasteiger partial charge is 0.489 e. The molecule has 0 spiro atoms. The summed E-state index contributed by atoms with van der Waals surface area (Å²) in [5, 5.41) is 3.94. The van der Waals surface area contributed by atoms with E-state index in [1.165, 1.54) is 7.11 Å². The number of methoxy groups -OCH3 is 1. The first-order valence-electron chi connectivity index (χ1n) is 10.4. The molecule has 1 N–H and O–H groups in total. The van der Waals surface area contributed by atoms with Gasteiger partial charge in [0.25, 0.3) is 0 Å². The first-order chi connectivity index (χ1) is 15.4. The highest BCUT2D eigenvalue weighted by molar-refractivity contribution is 9.10. The number of Topliss-reactive ketones (excluding diaryl/α,β-unsaturated/α-hetero) is 1. The van der Waals surface area contributed by atoms with E-state index < -0.39 is 11.9 Å². The van der Waals surface area contributed by atoms with E-state index >= 15 is 0 Å². The summed E-state index contributed by atoms with van der Waals surface area (Å²) in [4.78, 5) is 25.9. The van der Waals surface area contributed by atoms with Gasteiger partial charge >= 0.3 is 5.97 Å². The molecule has 7 heteroatoms. The van der Waals surface area contributed by atoms with Gasteiger partial charge in [0.2, 0.25) is 0 Å². The summed E-state index contributed by atoms with van der Waals surface area (Å²) in [5.74, 6) is -0.381. The molecular formula is C25H23BrClNO4. The van der Waals surface area contributed by atoms with E-state index in [1.54, 1.807) is 0 Å². The Morgan fingerprint density at radius 2 is 1.94 bits per heavy atom. The Balaban J connectivity index is 1.80. The quantitative estimate of drug-likeness (QED) is 0.507. The van der Waals surface area contributed by atoms with Crippen molar-refractivity contribution >= 4 is 39.3 Å². The number of benzene rings is 2. The van der Waals surface area contributed by atoms with Crippen LogP contribution in [0.2, 0.25) is 5.02 Å². The number of dihydropyridines is 1. The number of carbonyl (C=O) groups is 2. The van der Waals surface area contributed by atoms with Crippen molar-refractivity contribution in [3.8, 4) is 5.75 Å². The van der Waals surface area contributed by atoms with E-state index in [1.807, 2.05) is 49.4 Å². The molecule has 2 aromatic rings. The van der Waals surface area contributed by atoms with Crippen LogP contribution in [-0.4, -0.2) is 18.9 Å². The van der Waals surface area contributed by atoms with Crippen molar-refractivity contribution in [2.24, 2.45) is 0 Å². The molecule has 0 saturated heterocycles. The first kappa shape index (κ1) is 22.6. The standard InChI is InChI=1S/C25H23BrClNO4/c1-14-22(25(30)31-2)23(24-19(28-14)4-3-5-20(24)29)18-12-16(26)8-11-21(18)32-13-15-6-9-17(27)10-7-15/h6-12,23,28H,3-5,13H2,1-2H3/t23-/m1/s1. The van der Waals surface area contributed by atoms with Crippen LogP contribution < -0.4 is 10.1 Å². The second-order valence-corrected chi connectivity index (χ2v) is 9.21. The minimum Gasteiger partial charge on any atom is -0.489 e. The lowest BCUT2D eigenvalue weighted by Crippen LogP contribution is -2.34. The highest BCUT2D eigenvalue weighted by atomic mass is 79.9. The molecule has 1 aliphatic carbocycles. The van der Waals surface area contributed by atoms with Gasteiger partial charge in [0, 0.05) is 38.4 Å². The van der Waals surface area contributed by atoms with Gasteiger partial charge in [-0.3, -0.25) is 4.79 Å². The highest BCUT2D eigenvalue weighted by Gasteiger charge is 2.40. The molecule has 4 rings (SSSR count). The monoisotopic (exact) mass is 515 g/mol. The van der Waals surface area contributed by atoms with Gasteiger partial charge in [-0.15, -0.1) is 0 Å². The van der Waals surface area contributed by atoms with Crippen LogP contribution in [0.25, 0.3) is 0 Å². The summed E-state index contributed by atoms with van der Waals surface area (Å²) in [6.07, 6.45) is 2.01. The van der Waals surface area contributed by atoms with E-state index in [4.69, 9.17) is 21.1 Å². The minimum atomic E-state index is -0.566. The summed E-state index contributed by atoms with van der Waals surface area (Å²) >= 11 is 9.53. The van der Waals surface area contributed by atoms with Crippen LogP contribution >= 0.6 is 27.5 Å². The minimum absolute atomic E-state index is 0.0429. The number of nitrogens with one attached hydrogen (secondary N) is 1. The Labute approximate surface area is 200 Å². The Morgan fingerprint density at radius 3 is 2.66 bits per heavy atom. The fraction of sp³-hybridized carbons (Fsp3) is 0.280. The average Bonchev–Trinajstić information content (AvgIpc) is 2.78. The molecule has 0 amide bonds. The number of allylic oxidation sites excluding steroid dienone is 3. The van der Waals surface area contributed by atoms with Gasteiger partial charge in [0.15, 0.2) is 5.78 Å². The molecule has 0 unspecified atom stereocenters. The number of ketones is 1. The lowest BCUT2D eigenvalue weighted by Gasteiger charge is -2.34. The average molecular weight is 517 g/mol. The van der Waals surface area contributed by atoms with Crippen LogP contribution in [0.3, 0.4) is 0 Å². The van der Waals surface area contributed by atoms with Gasteiger partial charge in [-0.1, -0.05) is 39.7 Å². The van der Waals surface area contributed by atoms with E-state index in [9.17, 15) is 9.59 Å². The lowest BCUT2D eigenvalue weighted by atomic mass is 9.75. The summed E-state index contributed by atoms with van der Waals surface area (Å²) < 4.78 is 12.1. The van der Waals surface area contributed by atoms with Gasteiger partial charge in [0.1, 0.15) is 12.4 Å². The Hall–Kier alpha value is -2.57. The number of esters is 1. The smallest absolute Gasteiger partial charge is 0.336 e. The number of halogens is 2. The molecule has 1 atom stereocenters. The molecule has 0 saturated carbocycles. The molecule has 0 bridgehead atoms. The maximum absolute atomic E-state index is 13.0. The number of hydrogen-bond acceptors (Lipinski definition) is 5. The summed E-state index contributed by atoms with van der Waals surface area (Å²) in [7, 11) is 1.35. The molecule has 2 aromatic carbocycles. The van der Waals surface area contributed by atoms with Gasteiger partial charge in [-0.05, 0) is 55.7 Å². The predicted molar refractivity (Wildman–Crippen MR) is 126 cm³/mol. The van der Waals surface area contributed by atoms with Crippen LogP contribution in [0.4, 0.5) is 0 Å². The van der Waals surface area contributed by atoms with Gasteiger partial charge in [-0.2, -0.15) is 0 Å². The predicted octanol–water partition coefficient (Wildman–Crippen LogP) is 5.82. The number of rotatable bonds is 5. The summed E-state index contributed by atoms with van der Waals surface area (Å²) in [6, 6.07) is 13.1. The second kappa shape index (κ2) is 9.51. The molecule has 1 aliphatic heterocycles. The van der Waals surface area contributed by atoms with E-state index in [2.05, 4.69) is 21.2 Å². The third-order valence-corrected chi connectivity index (χ3v) is 6.52. The molecule has 0 fully saturated rings. The maximum Gasteiger partial charge on any atom is 0.336 e. The fourth-order valence-corrected chi connectivity index (χ4v) is 4.80. The lowest BCUT2D eigenvalue weighted by molar-refractivity contribution is -0.136. The molecular weight excluding hydrogens is 494 g/mol. The normalized spacial score (nSPS) is 18.2. The number of hydrogen-bond donors (Lipinski definition) is 1. The van der Waals surface area contributed by atoms with Crippen LogP contribution in [0.15, 0.2) is 69.5 Å². The van der Waals surface area contributed by atoms with E-state index in [0.29, 0.717) is 40.6 Å². The number of carbonyl (C=O) groups excluding carboxylic acids is 2. The Morgan fingerprint density at radius 1 is 1.19 bits per heavy atom. The Kier molecular flexibility index (Phi) is 6.72. The molecule has 166 valence electrons. The number of ether oxygens (including phenoxy) is 2. The van der Waals surface area contributed by atoms with Crippen LogP contribution in [-0.2, 0) is 20.9 Å². The SMILES string of the molecule is COC(=O)C1=C(C)NC2=C(C(=O)CCC2)[C@@H]1c1cc(Br)ccc1OCc1ccc(Cl)cc1. The van der Waals surface area contributed by atoms with Gasteiger partial charge in [-0.25, -0.2) is 4.79 Å². The topological polar surface area (TPSA) is 64.6 Å².